The van der Waals surface area contributed by atoms with Gasteiger partial charge in [0.1, 0.15) is 11.4 Å². The van der Waals surface area contributed by atoms with E-state index in [4.69, 9.17) is 27.8 Å². The number of pyridine rings is 1. The monoisotopic (exact) mass is 1030 g/mol. The molecule has 7 heteroatoms. The first-order valence-corrected chi connectivity index (χ1v) is 20.8. The van der Waals surface area contributed by atoms with Crippen molar-refractivity contribution in [1.29, 1.82) is 0 Å². The van der Waals surface area contributed by atoms with Crippen LogP contribution in [0.3, 0.4) is 0 Å². The zero-order valence-corrected chi connectivity index (χ0v) is 37.4. The molecule has 0 spiro atoms. The van der Waals surface area contributed by atoms with Crippen LogP contribution in [-0.4, -0.2) is 9.55 Å². The standard InChI is InChI=1S/C58H41N4O2.Pt/c1-58(2,3)40-31-32-59-55(33-40)62-48-25-12-10-21-45(48)46-30-29-42(36-51(46)62)63-53-34-41(35-54-56(53)47-22-11-15-28-52(47)64-54)60-37-61(50-27-14-13-26-49(50)60)57-43(38-17-6-4-7-18-38)23-16-24-44(57)39-19-8-5-9-20-39;/h4-33,35,37H,1-3H3;/q-3;/i4D,5D,6D,7D,8D,9D,17D,18D,19D,20D;. The Morgan fingerprint density at radius 2 is 1.31 bits per heavy atom. The molecule has 0 atom stereocenters. The summed E-state index contributed by atoms with van der Waals surface area (Å²) < 4.78 is 103. The van der Waals surface area contributed by atoms with E-state index in [1.165, 1.54) is 0 Å². The molecule has 0 N–H and O–H groups in total. The van der Waals surface area contributed by atoms with Crippen LogP contribution in [0.2, 0.25) is 0 Å². The first kappa shape index (κ1) is 30.6. The molecule has 318 valence electrons. The predicted molar refractivity (Wildman–Crippen MR) is 261 cm³/mol. The number of nitrogens with zero attached hydrogens (tertiary/aromatic N) is 4. The maximum Gasteiger partial charge on any atom is 0.135 e. The Balaban J connectivity index is 0.00000602. The number of aromatic nitrogens is 2. The largest absolute Gasteiger partial charge is 0.508 e. The number of hydrogen-bond acceptors (Lipinski definition) is 5. The molecule has 6 nitrogen and oxygen atoms in total. The van der Waals surface area contributed by atoms with E-state index in [0.29, 0.717) is 45.1 Å². The van der Waals surface area contributed by atoms with Crippen molar-refractivity contribution in [1.82, 2.24) is 9.55 Å². The number of furan rings is 1. The summed E-state index contributed by atoms with van der Waals surface area (Å²) in [6.45, 7) is 8.24. The van der Waals surface area contributed by atoms with E-state index in [-0.39, 0.29) is 54.4 Å². The third-order valence-corrected chi connectivity index (χ3v) is 11.7. The van der Waals surface area contributed by atoms with E-state index in [1.54, 1.807) is 29.8 Å². The van der Waals surface area contributed by atoms with Crippen molar-refractivity contribution in [2.24, 2.45) is 0 Å². The molecule has 0 saturated heterocycles. The van der Waals surface area contributed by atoms with Gasteiger partial charge in [-0.25, -0.2) is 4.98 Å². The summed E-state index contributed by atoms with van der Waals surface area (Å²) in [5.41, 5.74) is 5.69. The van der Waals surface area contributed by atoms with Crippen molar-refractivity contribution in [3.05, 3.63) is 212 Å². The molecule has 0 fully saturated rings. The second kappa shape index (κ2) is 16.0. The van der Waals surface area contributed by atoms with E-state index < -0.39 is 60.4 Å². The molecule has 4 heterocycles. The molecule has 3 aromatic heterocycles. The number of benzene rings is 8. The SMILES string of the molecule is [2H]c1c([2H])c([2H])c(-c2cccc(-c3c([2H])c([2H])c([2H])c([2H])c3[2H])c2N2[CH-]N(c3[c-]c(Oc4[c-]c5c(cc4)c4ccccc4n5-c4cc(C(C)(C)C)ccn4)c4c(c3)oc3ccccc34)c3ccccc32)c([2H])c1[2H].[Pt]. The Morgan fingerprint density at radius 3 is 2.03 bits per heavy atom. The first-order valence-electron chi connectivity index (χ1n) is 25.8. The number of rotatable bonds is 7. The molecule has 0 bridgehead atoms. The molecule has 8 aromatic carbocycles. The van der Waals surface area contributed by atoms with Crippen LogP contribution in [0.1, 0.15) is 40.0 Å². The fourth-order valence-electron chi connectivity index (χ4n) is 8.69. The quantitative estimate of drug-likeness (QED) is 0.149. The number of ether oxygens (including phenoxy) is 1. The van der Waals surface area contributed by atoms with Gasteiger partial charge in [-0.15, -0.1) is 36.3 Å². The second-order valence-corrected chi connectivity index (χ2v) is 16.6. The first-order chi connectivity index (χ1) is 35.5. The van der Waals surface area contributed by atoms with Gasteiger partial charge in [-0.3, -0.25) is 0 Å². The minimum Gasteiger partial charge on any atom is -0.508 e. The van der Waals surface area contributed by atoms with Crippen molar-refractivity contribution >= 4 is 66.5 Å². The molecule has 11 aromatic rings. The van der Waals surface area contributed by atoms with Crippen molar-refractivity contribution in [3.63, 3.8) is 0 Å². The maximum absolute atomic E-state index is 9.11. The van der Waals surface area contributed by atoms with Crippen LogP contribution >= 0.6 is 0 Å². The van der Waals surface area contributed by atoms with E-state index in [0.717, 1.165) is 38.6 Å². The van der Waals surface area contributed by atoms with Crippen molar-refractivity contribution < 1.29 is 43.9 Å². The topological polar surface area (TPSA) is 46.7 Å². The summed E-state index contributed by atoms with van der Waals surface area (Å²) in [7, 11) is 0. The van der Waals surface area contributed by atoms with Crippen LogP contribution in [-0.2, 0) is 26.5 Å². The van der Waals surface area contributed by atoms with Crippen molar-refractivity contribution in [2.45, 2.75) is 26.2 Å². The Morgan fingerprint density at radius 1 is 0.646 bits per heavy atom. The fourth-order valence-corrected chi connectivity index (χ4v) is 8.69. The minimum absolute atomic E-state index is 0. The summed E-state index contributed by atoms with van der Waals surface area (Å²) in [5, 5.41) is 3.45. The summed E-state index contributed by atoms with van der Waals surface area (Å²) in [6.07, 6.45) is 1.83. The second-order valence-electron chi connectivity index (χ2n) is 16.6. The molecule has 1 aliphatic rings. The fraction of sp³-hybridized carbons (Fsp3) is 0.0690. The van der Waals surface area contributed by atoms with Crippen LogP contribution in [0.5, 0.6) is 11.5 Å². The van der Waals surface area contributed by atoms with Crippen molar-refractivity contribution in [2.75, 3.05) is 9.80 Å². The normalized spacial score (nSPS) is 14.8. The summed E-state index contributed by atoms with van der Waals surface area (Å²) in [5.74, 6) is 1.47. The van der Waals surface area contributed by atoms with Gasteiger partial charge in [-0.2, -0.15) is 6.07 Å². The molecule has 65 heavy (non-hydrogen) atoms. The van der Waals surface area contributed by atoms with E-state index in [1.807, 2.05) is 96.0 Å². The molecule has 0 unspecified atom stereocenters. The van der Waals surface area contributed by atoms with Gasteiger partial charge in [0.15, 0.2) is 0 Å². The average Bonchev–Trinajstić information content (AvgIpc) is 4.09. The predicted octanol–water partition coefficient (Wildman–Crippen LogP) is 15.5. The zero-order chi connectivity index (χ0) is 51.6. The van der Waals surface area contributed by atoms with Gasteiger partial charge in [0.25, 0.3) is 0 Å². The molecule has 0 radical (unpaired) electrons. The van der Waals surface area contributed by atoms with E-state index >= 15 is 0 Å². The van der Waals surface area contributed by atoms with Gasteiger partial charge < -0.3 is 23.5 Å². The third-order valence-electron chi connectivity index (χ3n) is 11.7. The molecule has 0 amide bonds. The van der Waals surface area contributed by atoms with Gasteiger partial charge in [0, 0.05) is 78.0 Å². The maximum atomic E-state index is 9.11. The molecule has 0 saturated carbocycles. The number of hydrogen-bond donors (Lipinski definition) is 0. The number of anilines is 4. The van der Waals surface area contributed by atoms with Gasteiger partial charge in [0.05, 0.1) is 13.7 Å². The van der Waals surface area contributed by atoms with Crippen LogP contribution in [0.4, 0.5) is 22.7 Å². The summed E-state index contributed by atoms with van der Waals surface area (Å²) >= 11 is 0. The Hall–Kier alpha value is -7.40. The third kappa shape index (κ3) is 6.88. The minimum atomic E-state index is -0.575. The molecular formula is C58H41N4O2Pt-3. The number of fused-ring (bicyclic) bond motifs is 7. The van der Waals surface area contributed by atoms with Gasteiger partial charge in [0.2, 0.25) is 0 Å². The van der Waals surface area contributed by atoms with Crippen LogP contribution in [0.25, 0.3) is 71.8 Å². The van der Waals surface area contributed by atoms with Crippen LogP contribution in [0.15, 0.2) is 192 Å². The molecular weight excluding hydrogens is 980 g/mol. The van der Waals surface area contributed by atoms with Crippen LogP contribution in [0, 0.1) is 18.8 Å². The molecule has 0 aliphatic carbocycles. The smallest absolute Gasteiger partial charge is 0.135 e. The zero-order valence-electron chi connectivity index (χ0n) is 45.1. The number of para-hydroxylation sites is 5. The van der Waals surface area contributed by atoms with Crippen LogP contribution < -0.4 is 14.5 Å². The van der Waals surface area contributed by atoms with Gasteiger partial charge in [-0.05, 0) is 74.7 Å². The Labute approximate surface area is 406 Å². The average molecular weight is 1030 g/mol. The van der Waals surface area contributed by atoms with Gasteiger partial charge in [-0.1, -0.05) is 159 Å². The van der Waals surface area contributed by atoms with E-state index in [2.05, 4.69) is 55.7 Å². The van der Waals surface area contributed by atoms with Gasteiger partial charge >= 0.3 is 0 Å². The Kier molecular flexibility index (Phi) is 7.54. The summed E-state index contributed by atoms with van der Waals surface area (Å²) in [6, 6.07) is 39.7. The summed E-state index contributed by atoms with van der Waals surface area (Å²) in [4.78, 5) is 8.43. The Bertz CT molecular complexity index is 4040. The van der Waals surface area contributed by atoms with Crippen molar-refractivity contribution in [3.8, 4) is 39.6 Å². The molecule has 12 rings (SSSR count). The van der Waals surface area contributed by atoms with E-state index in [9.17, 15) is 0 Å². The molecule has 1 aliphatic heterocycles.